The fourth-order valence-corrected chi connectivity index (χ4v) is 4.19. The van der Waals surface area contributed by atoms with Gasteiger partial charge in [-0.1, -0.05) is 60.2 Å². The Labute approximate surface area is 185 Å². The lowest BCUT2D eigenvalue weighted by Gasteiger charge is -2.20. The van der Waals surface area contributed by atoms with Crippen LogP contribution in [-0.2, 0) is 6.54 Å². The van der Waals surface area contributed by atoms with Crippen molar-refractivity contribution in [2.24, 2.45) is 5.92 Å². The standard InChI is InChI=1S/C26H32N4O/c1-19(2)29-14-13-22(16-29)15-27-26(31)24-18-30(17-21-7-5-4-6-8-21)28-25(24)23-11-9-20(3)10-12-23/h4-12,18-19,22H,13-17H2,1-3H3,(H,27,31). The monoisotopic (exact) mass is 416 g/mol. The number of rotatable bonds is 7. The number of amides is 1. The predicted octanol–water partition coefficient (Wildman–Crippen LogP) is 4.37. The van der Waals surface area contributed by atoms with Gasteiger partial charge in [0.05, 0.1) is 12.1 Å². The Bertz CT molecular complexity index is 1010. The van der Waals surface area contributed by atoms with E-state index in [0.29, 0.717) is 30.6 Å². The zero-order valence-corrected chi connectivity index (χ0v) is 18.7. The number of benzene rings is 2. The van der Waals surface area contributed by atoms with Crippen LogP contribution in [0.5, 0.6) is 0 Å². The average molecular weight is 417 g/mol. The van der Waals surface area contributed by atoms with Gasteiger partial charge in [-0.25, -0.2) is 0 Å². The number of aromatic nitrogens is 2. The number of nitrogens with zero attached hydrogens (tertiary/aromatic N) is 3. The van der Waals surface area contributed by atoms with Gasteiger partial charge in [0.2, 0.25) is 0 Å². The van der Waals surface area contributed by atoms with Gasteiger partial charge < -0.3 is 10.2 Å². The molecule has 162 valence electrons. The van der Waals surface area contributed by atoms with Crippen LogP contribution in [0.25, 0.3) is 11.3 Å². The summed E-state index contributed by atoms with van der Waals surface area (Å²) in [6.45, 7) is 10.0. The molecule has 5 nitrogen and oxygen atoms in total. The van der Waals surface area contributed by atoms with Crippen molar-refractivity contribution < 1.29 is 4.79 Å². The Morgan fingerprint density at radius 2 is 1.87 bits per heavy atom. The maximum Gasteiger partial charge on any atom is 0.255 e. The molecule has 1 N–H and O–H groups in total. The predicted molar refractivity (Wildman–Crippen MR) is 125 cm³/mol. The van der Waals surface area contributed by atoms with Gasteiger partial charge in [-0.2, -0.15) is 5.10 Å². The van der Waals surface area contributed by atoms with Crippen LogP contribution in [0.15, 0.2) is 60.8 Å². The molecular weight excluding hydrogens is 384 g/mol. The highest BCUT2D eigenvalue weighted by Crippen LogP contribution is 2.24. The van der Waals surface area contributed by atoms with E-state index in [1.807, 2.05) is 41.2 Å². The molecule has 31 heavy (non-hydrogen) atoms. The second-order valence-corrected chi connectivity index (χ2v) is 8.89. The van der Waals surface area contributed by atoms with Crippen LogP contribution in [0.2, 0.25) is 0 Å². The summed E-state index contributed by atoms with van der Waals surface area (Å²) in [7, 11) is 0. The fraction of sp³-hybridized carbons (Fsp3) is 0.385. The first-order valence-corrected chi connectivity index (χ1v) is 11.2. The number of hydrogen-bond acceptors (Lipinski definition) is 3. The molecule has 3 aromatic rings. The van der Waals surface area contributed by atoms with Gasteiger partial charge in [-0.15, -0.1) is 0 Å². The summed E-state index contributed by atoms with van der Waals surface area (Å²) in [5.41, 5.74) is 4.69. The largest absolute Gasteiger partial charge is 0.352 e. The van der Waals surface area contributed by atoms with Crippen molar-refractivity contribution in [3.63, 3.8) is 0 Å². The van der Waals surface area contributed by atoms with Gasteiger partial charge in [-0.3, -0.25) is 9.48 Å². The number of carbonyl (C=O) groups excluding carboxylic acids is 1. The maximum absolute atomic E-state index is 13.2. The molecule has 0 saturated carbocycles. The second kappa shape index (κ2) is 9.48. The molecule has 1 unspecified atom stereocenters. The molecule has 1 amide bonds. The normalized spacial score (nSPS) is 16.7. The summed E-state index contributed by atoms with van der Waals surface area (Å²) in [5.74, 6) is 0.464. The van der Waals surface area contributed by atoms with Crippen LogP contribution in [0.4, 0.5) is 0 Å². The Morgan fingerprint density at radius 3 is 2.55 bits per heavy atom. The van der Waals surface area contributed by atoms with E-state index in [0.717, 1.165) is 36.3 Å². The van der Waals surface area contributed by atoms with Gasteiger partial charge in [0.25, 0.3) is 5.91 Å². The molecule has 5 heteroatoms. The van der Waals surface area contributed by atoms with Crippen LogP contribution in [0.3, 0.4) is 0 Å². The number of aryl methyl sites for hydroxylation is 1. The minimum absolute atomic E-state index is 0.0436. The Balaban J connectivity index is 1.53. The van der Waals surface area contributed by atoms with Gasteiger partial charge in [0, 0.05) is 30.9 Å². The van der Waals surface area contributed by atoms with Crippen molar-refractivity contribution in [3.8, 4) is 11.3 Å². The van der Waals surface area contributed by atoms with E-state index < -0.39 is 0 Å². The fourth-order valence-electron chi connectivity index (χ4n) is 4.19. The molecule has 1 aromatic heterocycles. The van der Waals surface area contributed by atoms with Crippen LogP contribution in [-0.4, -0.2) is 46.3 Å². The average Bonchev–Trinajstić information content (AvgIpc) is 3.41. The van der Waals surface area contributed by atoms with Crippen molar-refractivity contribution in [2.45, 2.75) is 39.8 Å². The Hall–Kier alpha value is -2.92. The molecule has 4 rings (SSSR count). The lowest BCUT2D eigenvalue weighted by Crippen LogP contribution is -2.33. The summed E-state index contributed by atoms with van der Waals surface area (Å²) in [6, 6.07) is 19.0. The first-order valence-electron chi connectivity index (χ1n) is 11.2. The molecular formula is C26H32N4O. The summed E-state index contributed by atoms with van der Waals surface area (Å²) >= 11 is 0. The van der Waals surface area contributed by atoms with E-state index in [1.54, 1.807) is 0 Å². The molecule has 1 aliphatic rings. The van der Waals surface area contributed by atoms with Gasteiger partial charge >= 0.3 is 0 Å². The molecule has 0 spiro atoms. The zero-order chi connectivity index (χ0) is 21.8. The van der Waals surface area contributed by atoms with E-state index in [1.165, 1.54) is 5.56 Å². The zero-order valence-electron chi connectivity index (χ0n) is 18.7. The second-order valence-electron chi connectivity index (χ2n) is 8.89. The molecule has 1 saturated heterocycles. The van der Waals surface area contributed by atoms with E-state index in [-0.39, 0.29) is 5.91 Å². The van der Waals surface area contributed by atoms with Gasteiger partial charge in [-0.05, 0) is 45.2 Å². The molecule has 1 fully saturated rings. The van der Waals surface area contributed by atoms with Crippen molar-refractivity contribution in [2.75, 3.05) is 19.6 Å². The van der Waals surface area contributed by atoms with Crippen LogP contribution < -0.4 is 5.32 Å². The highest BCUT2D eigenvalue weighted by atomic mass is 16.1. The number of nitrogens with one attached hydrogen (secondary N) is 1. The van der Waals surface area contributed by atoms with E-state index in [4.69, 9.17) is 5.10 Å². The SMILES string of the molecule is Cc1ccc(-c2nn(Cc3ccccc3)cc2C(=O)NCC2CCN(C(C)C)C2)cc1. The smallest absolute Gasteiger partial charge is 0.255 e. The molecule has 0 radical (unpaired) electrons. The third-order valence-electron chi connectivity index (χ3n) is 6.12. The van der Waals surface area contributed by atoms with Crippen molar-refractivity contribution in [1.29, 1.82) is 0 Å². The minimum Gasteiger partial charge on any atom is -0.352 e. The molecule has 2 aromatic carbocycles. The van der Waals surface area contributed by atoms with Crippen LogP contribution in [0.1, 0.15) is 41.8 Å². The minimum atomic E-state index is -0.0436. The summed E-state index contributed by atoms with van der Waals surface area (Å²) in [4.78, 5) is 15.6. The first-order chi connectivity index (χ1) is 15.0. The topological polar surface area (TPSA) is 50.2 Å². The summed E-state index contributed by atoms with van der Waals surface area (Å²) in [5, 5.41) is 7.97. The summed E-state index contributed by atoms with van der Waals surface area (Å²) < 4.78 is 1.87. The van der Waals surface area contributed by atoms with Crippen LogP contribution >= 0.6 is 0 Å². The quantitative estimate of drug-likeness (QED) is 0.622. The van der Waals surface area contributed by atoms with Crippen molar-refractivity contribution >= 4 is 5.91 Å². The highest BCUT2D eigenvalue weighted by molar-refractivity contribution is 5.99. The number of carbonyl (C=O) groups is 1. The van der Waals surface area contributed by atoms with E-state index in [9.17, 15) is 4.79 Å². The maximum atomic E-state index is 13.2. The number of likely N-dealkylation sites (tertiary alicyclic amines) is 1. The number of hydrogen-bond donors (Lipinski definition) is 1. The lowest BCUT2D eigenvalue weighted by molar-refractivity contribution is 0.0947. The molecule has 1 aliphatic heterocycles. The lowest BCUT2D eigenvalue weighted by atomic mass is 10.1. The molecule has 0 aliphatic carbocycles. The van der Waals surface area contributed by atoms with E-state index >= 15 is 0 Å². The van der Waals surface area contributed by atoms with Crippen molar-refractivity contribution in [3.05, 3.63) is 77.5 Å². The van der Waals surface area contributed by atoms with Gasteiger partial charge in [0.15, 0.2) is 0 Å². The van der Waals surface area contributed by atoms with Crippen molar-refractivity contribution in [1.82, 2.24) is 20.0 Å². The molecule has 1 atom stereocenters. The third kappa shape index (κ3) is 5.23. The molecule has 0 bridgehead atoms. The Kier molecular flexibility index (Phi) is 6.52. The highest BCUT2D eigenvalue weighted by Gasteiger charge is 2.25. The van der Waals surface area contributed by atoms with E-state index in [2.05, 4.69) is 55.3 Å². The first kappa shape index (κ1) is 21.3. The third-order valence-corrected chi connectivity index (χ3v) is 6.12. The van der Waals surface area contributed by atoms with Crippen LogP contribution in [0, 0.1) is 12.8 Å². The molecule has 2 heterocycles. The Morgan fingerprint density at radius 1 is 1.13 bits per heavy atom. The summed E-state index contributed by atoms with van der Waals surface area (Å²) in [6.07, 6.45) is 3.02. The van der Waals surface area contributed by atoms with Gasteiger partial charge in [0.1, 0.15) is 5.69 Å².